The summed E-state index contributed by atoms with van der Waals surface area (Å²) in [5, 5.41) is 0. The molecule has 1 unspecified atom stereocenters. The fourth-order valence-corrected chi connectivity index (χ4v) is 9.74. The summed E-state index contributed by atoms with van der Waals surface area (Å²) in [6.45, 7) is 21.3. The molecular formula is C48H66. The van der Waals surface area contributed by atoms with E-state index < -0.39 is 0 Å². The predicted molar refractivity (Wildman–Crippen MR) is 211 cm³/mol. The van der Waals surface area contributed by atoms with Gasteiger partial charge in [-0.2, -0.15) is 0 Å². The first-order chi connectivity index (χ1) is 22.1. The third-order valence-electron chi connectivity index (χ3n) is 12.4. The number of rotatable bonds is 3. The quantitative estimate of drug-likeness (QED) is 0.249. The van der Waals surface area contributed by atoms with Crippen molar-refractivity contribution in [1.82, 2.24) is 0 Å². The van der Waals surface area contributed by atoms with Crippen molar-refractivity contribution in [3.05, 3.63) is 144 Å². The second-order valence-electron chi connectivity index (χ2n) is 17.9. The maximum atomic E-state index is 2.47. The van der Waals surface area contributed by atoms with Gasteiger partial charge < -0.3 is 0 Å². The van der Waals surface area contributed by atoms with Gasteiger partial charge in [0, 0.05) is 10.8 Å². The molecule has 1 atom stereocenters. The second-order valence-corrected chi connectivity index (χ2v) is 17.9. The van der Waals surface area contributed by atoms with Crippen LogP contribution >= 0.6 is 0 Å². The molecule has 48 heavy (non-hydrogen) atoms. The van der Waals surface area contributed by atoms with E-state index in [9.17, 15) is 0 Å². The van der Waals surface area contributed by atoms with Gasteiger partial charge in [-0.1, -0.05) is 216 Å². The highest BCUT2D eigenvalue weighted by molar-refractivity contribution is 5.47. The van der Waals surface area contributed by atoms with E-state index in [1.54, 1.807) is 0 Å². The fourth-order valence-electron chi connectivity index (χ4n) is 9.74. The summed E-state index contributed by atoms with van der Waals surface area (Å²) >= 11 is 0. The van der Waals surface area contributed by atoms with Crippen LogP contribution < -0.4 is 0 Å². The Labute approximate surface area is 295 Å². The number of hydrogen-bond acceptors (Lipinski definition) is 0. The smallest absolute Gasteiger partial charge is 0.0390 e. The minimum absolute atomic E-state index is 0. The lowest BCUT2D eigenvalue weighted by atomic mass is 9.52. The summed E-state index contributed by atoms with van der Waals surface area (Å²) in [6, 6.07) is 32.5. The summed E-state index contributed by atoms with van der Waals surface area (Å²) < 4.78 is 0. The predicted octanol–water partition coefficient (Wildman–Crippen LogP) is 14.1. The topological polar surface area (TPSA) is 0 Å². The van der Waals surface area contributed by atoms with Crippen molar-refractivity contribution in [3.8, 4) is 0 Å². The maximum absolute atomic E-state index is 2.47. The molecule has 0 saturated heterocycles. The van der Waals surface area contributed by atoms with Gasteiger partial charge in [0.1, 0.15) is 0 Å². The molecule has 4 aliphatic rings. The Morgan fingerprint density at radius 3 is 1.17 bits per heavy atom. The molecule has 4 aliphatic carbocycles. The van der Waals surface area contributed by atoms with E-state index in [-0.39, 0.29) is 23.7 Å². The van der Waals surface area contributed by atoms with Crippen LogP contribution in [0.5, 0.6) is 0 Å². The molecule has 0 aliphatic heterocycles. The Kier molecular flexibility index (Phi) is 11.0. The van der Waals surface area contributed by atoms with Gasteiger partial charge >= 0.3 is 0 Å². The number of hydrogen-bond donors (Lipinski definition) is 0. The minimum Gasteiger partial charge on any atom is -0.0819 e. The molecule has 3 aromatic rings. The molecular weight excluding hydrogens is 577 g/mol. The zero-order chi connectivity index (χ0) is 34.0. The van der Waals surface area contributed by atoms with Crippen LogP contribution in [0.1, 0.15) is 131 Å². The molecule has 0 amide bonds. The first kappa shape index (κ1) is 37.7. The summed E-state index contributed by atoms with van der Waals surface area (Å²) in [5.74, 6) is 0. The molecule has 0 bridgehead atoms. The van der Waals surface area contributed by atoms with Crippen molar-refractivity contribution in [3.63, 3.8) is 0 Å². The molecule has 3 aromatic carbocycles. The molecule has 258 valence electrons. The molecule has 1 spiro atoms. The zero-order valence-corrected chi connectivity index (χ0v) is 31.1. The normalized spacial score (nSPS) is 25.7. The van der Waals surface area contributed by atoms with Crippen molar-refractivity contribution < 1.29 is 0 Å². The summed E-state index contributed by atoms with van der Waals surface area (Å²) in [4.78, 5) is 0. The molecule has 1 saturated carbocycles. The second kappa shape index (κ2) is 14.0. The Morgan fingerprint density at radius 2 is 0.792 bits per heavy atom. The van der Waals surface area contributed by atoms with Crippen molar-refractivity contribution in [2.45, 2.75) is 126 Å². The summed E-state index contributed by atoms with van der Waals surface area (Å²) in [6.07, 6.45) is 24.0. The Bertz CT molecular complexity index is 1480. The molecule has 0 nitrogen and oxygen atoms in total. The minimum atomic E-state index is 0. The fraction of sp³-hybridized carbons (Fsp3) is 0.500. The lowest BCUT2D eigenvalue weighted by Crippen LogP contribution is -2.44. The van der Waals surface area contributed by atoms with Crippen molar-refractivity contribution in [1.29, 1.82) is 0 Å². The van der Waals surface area contributed by atoms with Gasteiger partial charge in [-0.05, 0) is 69.4 Å². The SMILES string of the molecule is C.CC1(C)C=CC(C)(C)C12CCCCC2.CC1(C)C=CC(C)(c2ccccc2)C1.CC1(C)C=CC(c2ccccc2)(c2ccccc2)C1. The zero-order valence-electron chi connectivity index (χ0n) is 31.1. The molecule has 0 heteroatoms. The van der Waals surface area contributed by atoms with Gasteiger partial charge in [0.05, 0.1) is 0 Å². The van der Waals surface area contributed by atoms with Gasteiger partial charge in [0.25, 0.3) is 0 Å². The lowest BCUT2D eigenvalue weighted by molar-refractivity contribution is -0.0118. The average molecular weight is 643 g/mol. The van der Waals surface area contributed by atoms with Crippen LogP contribution in [-0.2, 0) is 10.8 Å². The van der Waals surface area contributed by atoms with Crippen LogP contribution in [0.2, 0.25) is 0 Å². The third kappa shape index (κ3) is 7.54. The number of allylic oxidation sites excluding steroid dienone is 6. The molecule has 0 aromatic heterocycles. The van der Waals surface area contributed by atoms with Gasteiger partial charge in [0.15, 0.2) is 0 Å². The number of benzene rings is 3. The molecule has 1 fully saturated rings. The van der Waals surface area contributed by atoms with Crippen LogP contribution in [0.3, 0.4) is 0 Å². The van der Waals surface area contributed by atoms with Gasteiger partial charge in [0.2, 0.25) is 0 Å². The van der Waals surface area contributed by atoms with Gasteiger partial charge in [-0.3, -0.25) is 0 Å². The van der Waals surface area contributed by atoms with E-state index in [1.807, 2.05) is 0 Å². The van der Waals surface area contributed by atoms with Crippen LogP contribution in [0.25, 0.3) is 0 Å². The van der Waals surface area contributed by atoms with E-state index in [4.69, 9.17) is 0 Å². The van der Waals surface area contributed by atoms with Crippen LogP contribution in [0.4, 0.5) is 0 Å². The van der Waals surface area contributed by atoms with Crippen molar-refractivity contribution >= 4 is 0 Å². The Morgan fingerprint density at radius 1 is 0.396 bits per heavy atom. The largest absolute Gasteiger partial charge is 0.0819 e. The standard InChI is InChI=1S/C19H20.C14H24.C14H18.CH4/c1-18(2)13-14-19(15-18,16-9-5-3-6-10-16)17-11-7-4-8-12-17;1-12(2)10-11-13(3,4)14(12)8-6-5-7-9-14;1-13(2)9-10-14(3,11-13)12-7-5-4-6-8-12;/h3-14H,15H2,1-2H3;10-11H,5-9H2,1-4H3;4-10H,11H2,1-3H3;1H4. The van der Waals surface area contributed by atoms with Gasteiger partial charge in [-0.15, -0.1) is 0 Å². The third-order valence-corrected chi connectivity index (χ3v) is 12.4. The highest BCUT2D eigenvalue weighted by atomic mass is 14.6. The van der Waals surface area contributed by atoms with E-state index in [0.717, 1.165) is 6.42 Å². The molecule has 0 heterocycles. The average Bonchev–Trinajstić information content (AvgIpc) is 3.62. The maximum Gasteiger partial charge on any atom is 0.0390 e. The first-order valence-electron chi connectivity index (χ1n) is 18.3. The van der Waals surface area contributed by atoms with E-state index >= 15 is 0 Å². The van der Waals surface area contributed by atoms with Crippen LogP contribution in [0, 0.1) is 27.1 Å². The van der Waals surface area contributed by atoms with Crippen LogP contribution in [-0.4, -0.2) is 0 Å². The monoisotopic (exact) mass is 643 g/mol. The summed E-state index contributed by atoms with van der Waals surface area (Å²) in [7, 11) is 0. The van der Waals surface area contributed by atoms with Crippen molar-refractivity contribution in [2.75, 3.05) is 0 Å². The van der Waals surface area contributed by atoms with E-state index in [0.29, 0.717) is 21.7 Å². The van der Waals surface area contributed by atoms with E-state index in [2.05, 4.69) is 190 Å². The molecule has 7 rings (SSSR count). The highest BCUT2D eigenvalue weighted by Gasteiger charge is 2.55. The van der Waals surface area contributed by atoms with E-state index in [1.165, 1.54) is 55.2 Å². The first-order valence-corrected chi connectivity index (χ1v) is 18.3. The van der Waals surface area contributed by atoms with Crippen molar-refractivity contribution in [2.24, 2.45) is 27.1 Å². The highest BCUT2D eigenvalue weighted by Crippen LogP contribution is 2.64. The molecule has 0 radical (unpaired) electrons. The molecule has 0 N–H and O–H groups in total. The Hall–Kier alpha value is -3.12. The Balaban J connectivity index is 0.000000164. The lowest BCUT2D eigenvalue weighted by Gasteiger charge is -2.52. The summed E-state index contributed by atoms with van der Waals surface area (Å²) in [5.41, 5.74) is 6.48. The van der Waals surface area contributed by atoms with Crippen LogP contribution in [0.15, 0.2) is 127 Å². The van der Waals surface area contributed by atoms with Gasteiger partial charge in [-0.25, -0.2) is 0 Å².